The standard InChI is InChI=1S/C20H30N2O3/c1-4-22-14-12-17(13-15-22)21(3)20(24)11-10-19(23)16-6-8-18(9-7-16)25-5-2/h6-9,17H,4-5,10-15H2,1-3H3. The van der Waals surface area contributed by atoms with Gasteiger partial charge in [0.2, 0.25) is 5.91 Å². The predicted octanol–water partition coefficient (Wildman–Crippen LogP) is 2.99. The predicted molar refractivity (Wildman–Crippen MR) is 99.1 cm³/mol. The van der Waals surface area contributed by atoms with E-state index in [-0.39, 0.29) is 24.5 Å². The molecule has 5 heteroatoms. The zero-order chi connectivity index (χ0) is 18.2. The quantitative estimate of drug-likeness (QED) is 0.679. The van der Waals surface area contributed by atoms with Gasteiger partial charge in [0, 0.05) is 44.6 Å². The molecular formula is C20H30N2O3. The molecule has 0 saturated carbocycles. The maximum atomic E-state index is 12.4. The molecule has 2 rings (SSSR count). The van der Waals surface area contributed by atoms with Gasteiger partial charge in [-0.05, 0) is 50.6 Å². The van der Waals surface area contributed by atoms with Gasteiger partial charge in [0.25, 0.3) is 0 Å². The molecule has 1 aliphatic rings. The number of benzene rings is 1. The molecule has 0 unspecified atom stereocenters. The second-order valence-corrected chi connectivity index (χ2v) is 6.55. The number of rotatable bonds is 8. The molecule has 0 radical (unpaired) electrons. The van der Waals surface area contributed by atoms with Crippen LogP contribution in [0.5, 0.6) is 5.75 Å². The lowest BCUT2D eigenvalue weighted by atomic mass is 10.0. The Balaban J connectivity index is 1.79. The second-order valence-electron chi connectivity index (χ2n) is 6.55. The molecule has 5 nitrogen and oxygen atoms in total. The highest BCUT2D eigenvalue weighted by molar-refractivity contribution is 5.98. The number of carbonyl (C=O) groups excluding carboxylic acids is 2. The molecule has 1 fully saturated rings. The van der Waals surface area contributed by atoms with Gasteiger partial charge in [0.05, 0.1) is 6.61 Å². The Morgan fingerprint density at radius 3 is 2.32 bits per heavy atom. The average molecular weight is 346 g/mol. The molecule has 1 heterocycles. The minimum Gasteiger partial charge on any atom is -0.494 e. The van der Waals surface area contributed by atoms with Crippen LogP contribution in [0.2, 0.25) is 0 Å². The van der Waals surface area contributed by atoms with Crippen LogP contribution < -0.4 is 4.74 Å². The first-order chi connectivity index (χ1) is 12.0. The molecule has 1 aromatic rings. The summed E-state index contributed by atoms with van der Waals surface area (Å²) in [6, 6.07) is 7.43. The van der Waals surface area contributed by atoms with Crippen molar-refractivity contribution in [2.75, 3.05) is 33.3 Å². The first-order valence-corrected chi connectivity index (χ1v) is 9.29. The SMILES string of the molecule is CCOc1ccc(C(=O)CCC(=O)N(C)C2CCN(CC)CC2)cc1. The van der Waals surface area contributed by atoms with E-state index in [1.807, 2.05) is 18.9 Å². The molecule has 1 aliphatic heterocycles. The maximum absolute atomic E-state index is 12.4. The van der Waals surface area contributed by atoms with Crippen molar-refractivity contribution < 1.29 is 14.3 Å². The third-order valence-electron chi connectivity index (χ3n) is 5.00. The van der Waals surface area contributed by atoms with Gasteiger partial charge in [0.1, 0.15) is 5.75 Å². The van der Waals surface area contributed by atoms with Gasteiger partial charge in [-0.25, -0.2) is 0 Å². The van der Waals surface area contributed by atoms with E-state index < -0.39 is 0 Å². The fraction of sp³-hybridized carbons (Fsp3) is 0.600. The minimum atomic E-state index is 0.00519. The van der Waals surface area contributed by atoms with Crippen LogP contribution in [-0.2, 0) is 4.79 Å². The summed E-state index contributed by atoms with van der Waals surface area (Å²) < 4.78 is 5.38. The Hall–Kier alpha value is -1.88. The highest BCUT2D eigenvalue weighted by atomic mass is 16.5. The first-order valence-electron chi connectivity index (χ1n) is 9.29. The third-order valence-corrected chi connectivity index (χ3v) is 5.00. The zero-order valence-electron chi connectivity index (χ0n) is 15.7. The summed E-state index contributed by atoms with van der Waals surface area (Å²) in [5, 5.41) is 0. The maximum Gasteiger partial charge on any atom is 0.223 e. The van der Waals surface area contributed by atoms with Crippen molar-refractivity contribution in [3.05, 3.63) is 29.8 Å². The average Bonchev–Trinajstić information content (AvgIpc) is 2.66. The summed E-state index contributed by atoms with van der Waals surface area (Å²) >= 11 is 0. The summed E-state index contributed by atoms with van der Waals surface area (Å²) in [5.41, 5.74) is 0.634. The van der Waals surface area contributed by atoms with E-state index in [1.54, 1.807) is 24.3 Å². The van der Waals surface area contributed by atoms with E-state index >= 15 is 0 Å². The lowest BCUT2D eigenvalue weighted by Gasteiger charge is -2.36. The number of Topliss-reactive ketones (excluding diaryl/α,β-unsaturated/α-hetero) is 1. The van der Waals surface area contributed by atoms with E-state index in [2.05, 4.69) is 11.8 Å². The van der Waals surface area contributed by atoms with Crippen molar-refractivity contribution in [2.24, 2.45) is 0 Å². The Kier molecular flexibility index (Phi) is 7.44. The van der Waals surface area contributed by atoms with Crippen molar-refractivity contribution in [3.8, 4) is 5.75 Å². The summed E-state index contributed by atoms with van der Waals surface area (Å²) in [6.45, 7) is 7.86. The van der Waals surface area contributed by atoms with Gasteiger partial charge >= 0.3 is 0 Å². The van der Waals surface area contributed by atoms with Gasteiger partial charge in [-0.1, -0.05) is 6.92 Å². The van der Waals surface area contributed by atoms with Crippen LogP contribution in [0.4, 0.5) is 0 Å². The van der Waals surface area contributed by atoms with Gasteiger partial charge < -0.3 is 14.5 Å². The van der Waals surface area contributed by atoms with Crippen molar-refractivity contribution in [1.82, 2.24) is 9.80 Å². The number of ketones is 1. The van der Waals surface area contributed by atoms with Gasteiger partial charge in [-0.15, -0.1) is 0 Å². The Morgan fingerprint density at radius 2 is 1.76 bits per heavy atom. The van der Waals surface area contributed by atoms with Crippen molar-refractivity contribution in [1.29, 1.82) is 0 Å². The molecule has 0 aliphatic carbocycles. The summed E-state index contributed by atoms with van der Waals surface area (Å²) in [5.74, 6) is 0.827. The van der Waals surface area contributed by atoms with Crippen LogP contribution in [0.3, 0.4) is 0 Å². The number of carbonyl (C=O) groups is 2. The van der Waals surface area contributed by atoms with E-state index in [0.717, 1.165) is 38.2 Å². The van der Waals surface area contributed by atoms with Crippen LogP contribution >= 0.6 is 0 Å². The molecule has 0 atom stereocenters. The van der Waals surface area contributed by atoms with Crippen LogP contribution in [0, 0.1) is 0 Å². The molecule has 0 bridgehead atoms. The van der Waals surface area contributed by atoms with Crippen molar-refractivity contribution in [2.45, 2.75) is 45.6 Å². The monoisotopic (exact) mass is 346 g/mol. The molecule has 0 aromatic heterocycles. The number of hydrogen-bond donors (Lipinski definition) is 0. The topological polar surface area (TPSA) is 49.9 Å². The molecule has 1 amide bonds. The van der Waals surface area contributed by atoms with E-state index in [4.69, 9.17) is 4.74 Å². The third kappa shape index (κ3) is 5.56. The molecule has 0 spiro atoms. The first kappa shape index (κ1) is 19.4. The molecule has 1 aromatic carbocycles. The van der Waals surface area contributed by atoms with Crippen molar-refractivity contribution in [3.63, 3.8) is 0 Å². The van der Waals surface area contributed by atoms with Gasteiger partial charge in [-0.3, -0.25) is 9.59 Å². The molecular weight excluding hydrogens is 316 g/mol. The van der Waals surface area contributed by atoms with Crippen LogP contribution in [0.15, 0.2) is 24.3 Å². The normalized spacial score (nSPS) is 15.8. The molecule has 1 saturated heterocycles. The van der Waals surface area contributed by atoms with E-state index in [0.29, 0.717) is 18.2 Å². The summed E-state index contributed by atoms with van der Waals surface area (Å²) in [6.07, 6.45) is 2.56. The van der Waals surface area contributed by atoms with Crippen molar-refractivity contribution >= 4 is 11.7 Å². The highest BCUT2D eigenvalue weighted by Gasteiger charge is 2.24. The molecule has 25 heavy (non-hydrogen) atoms. The summed E-state index contributed by atoms with van der Waals surface area (Å²) in [4.78, 5) is 28.9. The number of hydrogen-bond acceptors (Lipinski definition) is 4. The second kappa shape index (κ2) is 9.56. The molecule has 138 valence electrons. The summed E-state index contributed by atoms with van der Waals surface area (Å²) in [7, 11) is 1.87. The van der Waals surface area contributed by atoms with Crippen LogP contribution in [0.1, 0.15) is 49.9 Å². The minimum absolute atomic E-state index is 0.00519. The fourth-order valence-corrected chi connectivity index (χ4v) is 3.27. The largest absolute Gasteiger partial charge is 0.494 e. The zero-order valence-corrected chi connectivity index (χ0v) is 15.7. The number of nitrogens with zero attached hydrogens (tertiary/aromatic N) is 2. The fourth-order valence-electron chi connectivity index (χ4n) is 3.27. The number of piperidine rings is 1. The van der Waals surface area contributed by atoms with E-state index in [1.165, 1.54) is 0 Å². The Morgan fingerprint density at radius 1 is 1.12 bits per heavy atom. The lowest BCUT2D eigenvalue weighted by molar-refractivity contribution is -0.132. The number of ether oxygens (including phenoxy) is 1. The Labute approximate surface area is 150 Å². The van der Waals surface area contributed by atoms with Crippen LogP contribution in [-0.4, -0.2) is 60.8 Å². The van der Waals surface area contributed by atoms with Crippen LogP contribution in [0.25, 0.3) is 0 Å². The Bertz CT molecular complexity index is 563. The molecule has 0 N–H and O–H groups in total. The lowest BCUT2D eigenvalue weighted by Crippen LogP contribution is -2.45. The highest BCUT2D eigenvalue weighted by Crippen LogP contribution is 2.18. The van der Waals surface area contributed by atoms with Gasteiger partial charge in [-0.2, -0.15) is 0 Å². The number of amides is 1. The number of likely N-dealkylation sites (tertiary alicyclic amines) is 1. The van der Waals surface area contributed by atoms with E-state index in [9.17, 15) is 9.59 Å². The smallest absolute Gasteiger partial charge is 0.223 e. The van der Waals surface area contributed by atoms with Gasteiger partial charge in [0.15, 0.2) is 5.78 Å².